The van der Waals surface area contributed by atoms with Crippen LogP contribution in [0, 0.1) is 0 Å². The molecule has 2 rings (SSSR count). The Morgan fingerprint density at radius 1 is 1.43 bits per heavy atom. The third-order valence-corrected chi connectivity index (χ3v) is 2.17. The number of nitrogens with zero attached hydrogens (tertiary/aromatic N) is 1. The molecule has 0 fully saturated rings. The molecule has 0 unspecified atom stereocenters. The molecule has 1 aliphatic rings. The van der Waals surface area contributed by atoms with Crippen molar-refractivity contribution in [3.8, 4) is 5.75 Å². The largest absolute Gasteiger partial charge is 0.491 e. The lowest BCUT2D eigenvalue weighted by Gasteiger charge is -2.17. The number of carboxylic acid groups (broad SMARTS) is 1. The number of amides is 1. The molecule has 74 valence electrons. The first-order valence-corrected chi connectivity index (χ1v) is 4.51. The highest BCUT2D eigenvalue weighted by Crippen LogP contribution is 2.30. The van der Waals surface area contributed by atoms with E-state index in [2.05, 4.69) is 0 Å². The van der Waals surface area contributed by atoms with Crippen LogP contribution in [0.25, 0.3) is 0 Å². The summed E-state index contributed by atoms with van der Waals surface area (Å²) in [6.07, 6.45) is -0.205. The van der Waals surface area contributed by atoms with Gasteiger partial charge in [-0.3, -0.25) is 4.90 Å². The summed E-state index contributed by atoms with van der Waals surface area (Å²) in [7, 11) is 0. The predicted octanol–water partition coefficient (Wildman–Crippen LogP) is 1.95. The number of para-hydroxylation sites is 2. The zero-order valence-corrected chi connectivity index (χ0v) is 7.64. The Labute approximate surface area is 81.7 Å². The van der Waals surface area contributed by atoms with Gasteiger partial charge in [0.25, 0.3) is 0 Å². The van der Waals surface area contributed by atoms with Crippen LogP contribution in [0.3, 0.4) is 0 Å². The summed E-state index contributed by atoms with van der Waals surface area (Å²) < 4.78 is 5.42. The van der Waals surface area contributed by atoms with Gasteiger partial charge in [0.2, 0.25) is 0 Å². The number of rotatable bonds is 0. The van der Waals surface area contributed by atoms with E-state index >= 15 is 0 Å². The van der Waals surface area contributed by atoms with Crippen molar-refractivity contribution in [2.24, 2.45) is 0 Å². The summed E-state index contributed by atoms with van der Waals surface area (Å²) in [6.45, 7) is 1.06. The molecule has 0 bridgehead atoms. The van der Waals surface area contributed by atoms with Crippen molar-refractivity contribution < 1.29 is 14.6 Å². The Balaban J connectivity index is 2.42. The molecule has 1 amide bonds. The monoisotopic (exact) mass is 193 g/mol. The number of ether oxygens (including phenoxy) is 1. The molecule has 0 radical (unpaired) electrons. The summed E-state index contributed by atoms with van der Waals surface area (Å²) in [5.41, 5.74) is 0.637. The van der Waals surface area contributed by atoms with Crippen molar-refractivity contribution in [2.75, 3.05) is 18.1 Å². The molecule has 1 aliphatic heterocycles. The number of anilines is 1. The zero-order valence-electron chi connectivity index (χ0n) is 7.64. The van der Waals surface area contributed by atoms with Crippen LogP contribution in [0.4, 0.5) is 10.5 Å². The molecule has 0 saturated carbocycles. The smallest absolute Gasteiger partial charge is 0.411 e. The summed E-state index contributed by atoms with van der Waals surface area (Å²) in [6, 6.07) is 7.19. The third kappa shape index (κ3) is 1.51. The molecule has 0 aliphatic carbocycles. The fourth-order valence-electron chi connectivity index (χ4n) is 1.53. The van der Waals surface area contributed by atoms with Crippen molar-refractivity contribution in [1.82, 2.24) is 0 Å². The molecular formula is C10H11NO3. The van der Waals surface area contributed by atoms with Crippen LogP contribution >= 0.6 is 0 Å². The Hall–Kier alpha value is -1.71. The van der Waals surface area contributed by atoms with E-state index in [1.807, 2.05) is 12.1 Å². The summed E-state index contributed by atoms with van der Waals surface area (Å²) in [4.78, 5) is 12.3. The van der Waals surface area contributed by atoms with Crippen LogP contribution in [0.2, 0.25) is 0 Å². The van der Waals surface area contributed by atoms with Gasteiger partial charge in [-0.05, 0) is 18.6 Å². The van der Waals surface area contributed by atoms with Crippen molar-refractivity contribution in [2.45, 2.75) is 6.42 Å². The van der Waals surface area contributed by atoms with Gasteiger partial charge in [-0.1, -0.05) is 12.1 Å². The lowest BCUT2D eigenvalue weighted by molar-refractivity contribution is 0.202. The number of fused-ring (bicyclic) bond motifs is 1. The molecule has 14 heavy (non-hydrogen) atoms. The quantitative estimate of drug-likeness (QED) is 0.685. The van der Waals surface area contributed by atoms with Gasteiger partial charge in [0.05, 0.1) is 12.3 Å². The van der Waals surface area contributed by atoms with Gasteiger partial charge in [0.1, 0.15) is 5.75 Å². The van der Waals surface area contributed by atoms with E-state index in [4.69, 9.17) is 9.84 Å². The fraction of sp³-hybridized carbons (Fsp3) is 0.300. The van der Waals surface area contributed by atoms with Crippen molar-refractivity contribution in [3.63, 3.8) is 0 Å². The van der Waals surface area contributed by atoms with Crippen LogP contribution in [-0.2, 0) is 0 Å². The van der Waals surface area contributed by atoms with Gasteiger partial charge in [-0.25, -0.2) is 4.79 Å². The predicted molar refractivity (Wildman–Crippen MR) is 51.9 cm³/mol. The summed E-state index contributed by atoms with van der Waals surface area (Å²) in [5.74, 6) is 0.646. The first-order chi connectivity index (χ1) is 6.79. The van der Waals surface area contributed by atoms with Crippen LogP contribution in [0.1, 0.15) is 6.42 Å². The highest BCUT2D eigenvalue weighted by atomic mass is 16.5. The molecule has 1 N–H and O–H groups in total. The van der Waals surface area contributed by atoms with E-state index in [1.165, 1.54) is 4.90 Å². The van der Waals surface area contributed by atoms with Crippen LogP contribution < -0.4 is 9.64 Å². The molecule has 0 spiro atoms. The maximum Gasteiger partial charge on any atom is 0.411 e. The lowest BCUT2D eigenvalue weighted by atomic mass is 10.2. The Bertz CT molecular complexity index is 351. The van der Waals surface area contributed by atoms with E-state index < -0.39 is 6.09 Å². The molecule has 1 heterocycles. The highest BCUT2D eigenvalue weighted by molar-refractivity contribution is 5.88. The van der Waals surface area contributed by atoms with Gasteiger partial charge >= 0.3 is 6.09 Å². The van der Waals surface area contributed by atoms with Gasteiger partial charge in [0.15, 0.2) is 0 Å². The second kappa shape index (κ2) is 3.57. The average Bonchev–Trinajstić information content (AvgIpc) is 2.39. The zero-order chi connectivity index (χ0) is 9.97. The van der Waals surface area contributed by atoms with Gasteiger partial charge in [-0.2, -0.15) is 0 Å². The normalized spacial score (nSPS) is 15.3. The number of hydrogen-bond donors (Lipinski definition) is 1. The van der Waals surface area contributed by atoms with Gasteiger partial charge < -0.3 is 9.84 Å². The second-order valence-electron chi connectivity index (χ2n) is 3.10. The Kier molecular flexibility index (Phi) is 2.26. The maximum atomic E-state index is 10.9. The van der Waals surface area contributed by atoms with Crippen LogP contribution in [0.15, 0.2) is 24.3 Å². The van der Waals surface area contributed by atoms with E-state index in [-0.39, 0.29) is 0 Å². The van der Waals surface area contributed by atoms with Crippen LogP contribution in [0.5, 0.6) is 5.75 Å². The number of benzene rings is 1. The summed E-state index contributed by atoms with van der Waals surface area (Å²) >= 11 is 0. The third-order valence-electron chi connectivity index (χ3n) is 2.17. The molecule has 0 saturated heterocycles. The Morgan fingerprint density at radius 3 is 3.00 bits per heavy atom. The minimum absolute atomic E-state index is 0.492. The van der Waals surface area contributed by atoms with Gasteiger partial charge in [-0.15, -0.1) is 0 Å². The van der Waals surface area contributed by atoms with E-state index in [9.17, 15) is 4.79 Å². The minimum atomic E-state index is -0.928. The molecule has 1 aromatic rings. The van der Waals surface area contributed by atoms with Gasteiger partial charge in [0, 0.05) is 6.54 Å². The van der Waals surface area contributed by atoms with E-state index in [0.717, 1.165) is 6.42 Å². The second-order valence-corrected chi connectivity index (χ2v) is 3.10. The highest BCUT2D eigenvalue weighted by Gasteiger charge is 2.20. The topological polar surface area (TPSA) is 49.8 Å². The first-order valence-electron chi connectivity index (χ1n) is 4.51. The fourth-order valence-corrected chi connectivity index (χ4v) is 1.53. The molecular weight excluding hydrogens is 182 g/mol. The van der Waals surface area contributed by atoms with Crippen molar-refractivity contribution >= 4 is 11.8 Å². The number of carbonyl (C=O) groups is 1. The minimum Gasteiger partial charge on any atom is -0.491 e. The molecule has 1 aromatic carbocycles. The standard InChI is InChI=1S/C10H11NO3/c12-10(13)11-6-3-7-14-9-5-2-1-4-8(9)11/h1-2,4-5H,3,6-7H2,(H,12,13). The first kappa shape index (κ1) is 8.87. The molecule has 4 heteroatoms. The molecule has 0 aromatic heterocycles. The number of hydrogen-bond acceptors (Lipinski definition) is 2. The Morgan fingerprint density at radius 2 is 2.21 bits per heavy atom. The average molecular weight is 193 g/mol. The molecule has 0 atom stereocenters. The molecule has 4 nitrogen and oxygen atoms in total. The van der Waals surface area contributed by atoms with Crippen molar-refractivity contribution in [3.05, 3.63) is 24.3 Å². The van der Waals surface area contributed by atoms with Crippen molar-refractivity contribution in [1.29, 1.82) is 0 Å². The van der Waals surface area contributed by atoms with E-state index in [1.54, 1.807) is 12.1 Å². The van der Waals surface area contributed by atoms with Crippen LogP contribution in [-0.4, -0.2) is 24.4 Å². The lowest BCUT2D eigenvalue weighted by Crippen LogP contribution is -2.29. The SMILES string of the molecule is O=C(O)N1CCCOc2ccccc21. The van der Waals surface area contributed by atoms with E-state index in [0.29, 0.717) is 24.6 Å². The summed E-state index contributed by atoms with van der Waals surface area (Å²) in [5, 5.41) is 8.98. The maximum absolute atomic E-state index is 10.9.